The first-order chi connectivity index (χ1) is 8.83. The van der Waals surface area contributed by atoms with Crippen molar-refractivity contribution in [2.75, 3.05) is 11.9 Å². The minimum absolute atomic E-state index is 0.0342. The summed E-state index contributed by atoms with van der Waals surface area (Å²) in [5, 5.41) is 2.91. The molecule has 4 heteroatoms. The Kier molecular flexibility index (Phi) is 2.76. The van der Waals surface area contributed by atoms with E-state index in [1.54, 1.807) is 0 Å². The number of para-hydroxylation sites is 1. The lowest BCUT2D eigenvalue weighted by Crippen LogP contribution is -2.38. The maximum Gasteiger partial charge on any atom is 0.322 e. The van der Waals surface area contributed by atoms with Gasteiger partial charge in [-0.2, -0.15) is 0 Å². The SMILES string of the molecule is O=C(Nc1ccccc1)N1CCc2[nH]ccc2C1. The molecule has 1 aromatic heterocycles. The van der Waals surface area contributed by atoms with Gasteiger partial charge in [0.15, 0.2) is 0 Å². The summed E-state index contributed by atoms with van der Waals surface area (Å²) in [5.74, 6) is 0. The standard InChI is InChI=1S/C14H15N3O/c18-14(16-12-4-2-1-3-5-12)17-9-7-13-11(10-17)6-8-15-13/h1-6,8,15H,7,9-10H2,(H,16,18). The van der Waals surface area contributed by atoms with Crippen molar-refractivity contribution in [2.24, 2.45) is 0 Å². The maximum atomic E-state index is 12.1. The molecule has 2 amide bonds. The summed E-state index contributed by atoms with van der Waals surface area (Å²) in [6.45, 7) is 1.43. The molecule has 0 spiro atoms. The molecule has 1 aliphatic rings. The molecule has 0 bridgehead atoms. The number of carbonyl (C=O) groups excluding carboxylic acids is 1. The third-order valence-electron chi connectivity index (χ3n) is 3.23. The summed E-state index contributed by atoms with van der Waals surface area (Å²) in [7, 11) is 0. The van der Waals surface area contributed by atoms with Crippen molar-refractivity contribution in [3.05, 3.63) is 53.9 Å². The van der Waals surface area contributed by atoms with Gasteiger partial charge >= 0.3 is 6.03 Å². The Morgan fingerprint density at radius 3 is 2.89 bits per heavy atom. The van der Waals surface area contributed by atoms with Gasteiger partial charge in [0.25, 0.3) is 0 Å². The van der Waals surface area contributed by atoms with E-state index in [0.29, 0.717) is 6.54 Å². The fourth-order valence-electron chi connectivity index (χ4n) is 2.25. The Hall–Kier alpha value is -2.23. The molecule has 0 unspecified atom stereocenters. The summed E-state index contributed by atoms with van der Waals surface area (Å²) in [4.78, 5) is 17.1. The van der Waals surface area contributed by atoms with Gasteiger partial charge in [0.2, 0.25) is 0 Å². The Morgan fingerprint density at radius 1 is 1.22 bits per heavy atom. The van der Waals surface area contributed by atoms with Crippen molar-refractivity contribution in [3.63, 3.8) is 0 Å². The number of anilines is 1. The van der Waals surface area contributed by atoms with Gasteiger partial charge in [-0.1, -0.05) is 18.2 Å². The van der Waals surface area contributed by atoms with Crippen LogP contribution >= 0.6 is 0 Å². The molecule has 0 fully saturated rings. The number of nitrogens with one attached hydrogen (secondary N) is 2. The minimum Gasteiger partial charge on any atom is -0.365 e. The van der Waals surface area contributed by atoms with Crippen LogP contribution in [0.15, 0.2) is 42.6 Å². The molecule has 1 aliphatic heterocycles. The van der Waals surface area contributed by atoms with Gasteiger partial charge in [-0.3, -0.25) is 0 Å². The van der Waals surface area contributed by atoms with E-state index < -0.39 is 0 Å². The fourth-order valence-corrected chi connectivity index (χ4v) is 2.25. The molecule has 4 nitrogen and oxygen atoms in total. The topological polar surface area (TPSA) is 48.1 Å². The third-order valence-corrected chi connectivity index (χ3v) is 3.23. The second-order valence-electron chi connectivity index (χ2n) is 4.45. The zero-order valence-corrected chi connectivity index (χ0v) is 10.0. The monoisotopic (exact) mass is 241 g/mol. The summed E-state index contributed by atoms with van der Waals surface area (Å²) in [5.41, 5.74) is 3.30. The van der Waals surface area contributed by atoms with Gasteiger partial charge in [-0.05, 0) is 23.8 Å². The van der Waals surface area contributed by atoms with E-state index in [4.69, 9.17) is 0 Å². The molecule has 0 atom stereocenters. The summed E-state index contributed by atoms with van der Waals surface area (Å²) in [6.07, 6.45) is 2.83. The minimum atomic E-state index is -0.0342. The number of aromatic nitrogens is 1. The average Bonchev–Trinajstić information content (AvgIpc) is 2.87. The molecule has 1 aromatic carbocycles. The van der Waals surface area contributed by atoms with Crippen molar-refractivity contribution in [3.8, 4) is 0 Å². The van der Waals surface area contributed by atoms with E-state index in [1.165, 1.54) is 11.3 Å². The second kappa shape index (κ2) is 4.56. The largest absolute Gasteiger partial charge is 0.365 e. The van der Waals surface area contributed by atoms with Crippen LogP contribution in [0.2, 0.25) is 0 Å². The molecule has 0 saturated heterocycles. The van der Waals surface area contributed by atoms with Gasteiger partial charge in [0.1, 0.15) is 0 Å². The Bertz CT molecular complexity index is 547. The van der Waals surface area contributed by atoms with Crippen LogP contribution in [-0.4, -0.2) is 22.5 Å². The number of hydrogen-bond acceptors (Lipinski definition) is 1. The Labute approximate surface area is 106 Å². The number of H-pyrrole nitrogens is 1. The van der Waals surface area contributed by atoms with Crippen molar-refractivity contribution < 1.29 is 4.79 Å². The molecule has 92 valence electrons. The number of amides is 2. The highest BCUT2D eigenvalue weighted by molar-refractivity contribution is 5.89. The van der Waals surface area contributed by atoms with Crippen LogP contribution in [0.3, 0.4) is 0 Å². The normalized spacial score (nSPS) is 14.1. The van der Waals surface area contributed by atoms with Gasteiger partial charge in [-0.15, -0.1) is 0 Å². The summed E-state index contributed by atoms with van der Waals surface area (Å²) in [6, 6.07) is 11.5. The van der Waals surface area contributed by atoms with Crippen LogP contribution in [0, 0.1) is 0 Å². The number of benzene rings is 1. The predicted molar refractivity (Wildman–Crippen MR) is 70.4 cm³/mol. The smallest absolute Gasteiger partial charge is 0.322 e. The lowest BCUT2D eigenvalue weighted by Gasteiger charge is -2.27. The number of aromatic amines is 1. The van der Waals surface area contributed by atoms with Crippen LogP contribution in [0.5, 0.6) is 0 Å². The average molecular weight is 241 g/mol. The van der Waals surface area contributed by atoms with Crippen molar-refractivity contribution in [2.45, 2.75) is 13.0 Å². The Morgan fingerprint density at radius 2 is 2.06 bits per heavy atom. The van der Waals surface area contributed by atoms with Gasteiger partial charge in [0, 0.05) is 37.1 Å². The number of hydrogen-bond donors (Lipinski definition) is 2. The third kappa shape index (κ3) is 2.09. The Balaban J connectivity index is 1.68. The van der Waals surface area contributed by atoms with Crippen molar-refractivity contribution in [1.29, 1.82) is 0 Å². The van der Waals surface area contributed by atoms with Crippen molar-refractivity contribution in [1.82, 2.24) is 9.88 Å². The zero-order valence-electron chi connectivity index (χ0n) is 10.0. The van der Waals surface area contributed by atoms with E-state index >= 15 is 0 Å². The molecule has 0 radical (unpaired) electrons. The lowest BCUT2D eigenvalue weighted by atomic mass is 10.1. The first-order valence-corrected chi connectivity index (χ1v) is 6.09. The van der Waals surface area contributed by atoms with E-state index in [-0.39, 0.29) is 6.03 Å². The van der Waals surface area contributed by atoms with Crippen LogP contribution < -0.4 is 5.32 Å². The van der Waals surface area contributed by atoms with E-state index in [0.717, 1.165) is 18.7 Å². The van der Waals surface area contributed by atoms with E-state index in [1.807, 2.05) is 47.5 Å². The molecule has 0 aliphatic carbocycles. The number of urea groups is 1. The fraction of sp³-hybridized carbons (Fsp3) is 0.214. The first kappa shape index (κ1) is 10.9. The maximum absolute atomic E-state index is 12.1. The van der Waals surface area contributed by atoms with Crippen LogP contribution in [0.1, 0.15) is 11.3 Å². The first-order valence-electron chi connectivity index (χ1n) is 6.09. The zero-order chi connectivity index (χ0) is 12.4. The second-order valence-corrected chi connectivity index (χ2v) is 4.45. The molecule has 2 N–H and O–H groups in total. The molecule has 0 saturated carbocycles. The molecule has 2 heterocycles. The van der Waals surface area contributed by atoms with Crippen molar-refractivity contribution >= 4 is 11.7 Å². The van der Waals surface area contributed by atoms with Crippen LogP contribution in [0.25, 0.3) is 0 Å². The van der Waals surface area contributed by atoms with Gasteiger partial charge in [0.05, 0.1) is 0 Å². The molecule has 2 aromatic rings. The number of rotatable bonds is 1. The quantitative estimate of drug-likeness (QED) is 0.792. The number of carbonyl (C=O) groups is 1. The lowest BCUT2D eigenvalue weighted by molar-refractivity contribution is 0.206. The molecular formula is C14H15N3O. The van der Waals surface area contributed by atoms with Crippen LogP contribution in [0.4, 0.5) is 10.5 Å². The number of fused-ring (bicyclic) bond motifs is 1. The van der Waals surface area contributed by atoms with Gasteiger partial charge < -0.3 is 15.2 Å². The molecule has 3 rings (SSSR count). The van der Waals surface area contributed by atoms with E-state index in [9.17, 15) is 4.79 Å². The highest BCUT2D eigenvalue weighted by atomic mass is 16.2. The van der Waals surface area contributed by atoms with Crippen LogP contribution in [-0.2, 0) is 13.0 Å². The van der Waals surface area contributed by atoms with E-state index in [2.05, 4.69) is 10.3 Å². The molecule has 18 heavy (non-hydrogen) atoms. The highest BCUT2D eigenvalue weighted by Crippen LogP contribution is 2.18. The summed E-state index contributed by atoms with van der Waals surface area (Å²) < 4.78 is 0. The predicted octanol–water partition coefficient (Wildman–Crippen LogP) is 2.60. The number of nitrogens with zero attached hydrogens (tertiary/aromatic N) is 1. The highest BCUT2D eigenvalue weighted by Gasteiger charge is 2.20. The van der Waals surface area contributed by atoms with Gasteiger partial charge in [-0.25, -0.2) is 4.79 Å². The molecular weight excluding hydrogens is 226 g/mol. The summed E-state index contributed by atoms with van der Waals surface area (Å²) >= 11 is 0.